The average molecular weight is 570 g/mol. The van der Waals surface area contributed by atoms with Crippen LogP contribution in [0, 0.1) is 10.1 Å². The van der Waals surface area contributed by atoms with Crippen molar-refractivity contribution >= 4 is 29.1 Å². The molecule has 0 amide bonds. The van der Waals surface area contributed by atoms with E-state index in [9.17, 15) is 24.8 Å². The fourth-order valence-corrected chi connectivity index (χ4v) is 5.48. The highest BCUT2D eigenvalue weighted by Crippen LogP contribution is 2.41. The van der Waals surface area contributed by atoms with Crippen LogP contribution in [0.3, 0.4) is 0 Å². The van der Waals surface area contributed by atoms with E-state index in [1.54, 1.807) is 39.0 Å². The Labute approximate surface area is 232 Å². The van der Waals surface area contributed by atoms with Crippen molar-refractivity contribution in [3.8, 4) is 23.0 Å². The number of hydrogen-bond donors (Lipinski definition) is 1. The number of methoxy groups -OCH3 is 2. The minimum atomic E-state index is -0.960. The molecule has 0 spiro atoms. The van der Waals surface area contributed by atoms with Crippen LogP contribution in [0.2, 0.25) is 0 Å². The number of carbonyl (C=O) groups excluding carboxylic acids is 1. The van der Waals surface area contributed by atoms with Crippen molar-refractivity contribution < 1.29 is 33.8 Å². The van der Waals surface area contributed by atoms with Crippen molar-refractivity contribution in [2.45, 2.75) is 26.8 Å². The van der Waals surface area contributed by atoms with E-state index in [2.05, 4.69) is 4.99 Å². The SMILES string of the molecule is CCOC(=O)C1=C(C)N=c2s/c(=C/c3cc(OC)c(O)c([N+](=O)[O-])c3)c(=O)n2[C@@H]1c1cccc(OC)c1OCC. The Hall–Kier alpha value is -4.65. The number of nitrogens with zero attached hydrogens (tertiary/aromatic N) is 3. The van der Waals surface area contributed by atoms with Crippen molar-refractivity contribution in [1.82, 2.24) is 4.57 Å². The maximum atomic E-state index is 13.9. The van der Waals surface area contributed by atoms with Gasteiger partial charge in [0.05, 0.1) is 48.2 Å². The molecular weight excluding hydrogens is 542 g/mol. The van der Waals surface area contributed by atoms with E-state index in [0.29, 0.717) is 34.2 Å². The van der Waals surface area contributed by atoms with Crippen molar-refractivity contribution in [2.24, 2.45) is 4.99 Å². The molecular formula is C27H27N3O9S. The number of aromatic nitrogens is 1. The summed E-state index contributed by atoms with van der Waals surface area (Å²) in [6.45, 7) is 5.56. The van der Waals surface area contributed by atoms with Gasteiger partial charge in [0.2, 0.25) is 5.75 Å². The molecule has 210 valence electrons. The maximum absolute atomic E-state index is 13.9. The van der Waals surface area contributed by atoms with Gasteiger partial charge in [0.25, 0.3) is 5.56 Å². The Morgan fingerprint density at radius 2 is 1.93 bits per heavy atom. The predicted octanol–water partition coefficient (Wildman–Crippen LogP) is 2.83. The Bertz CT molecular complexity index is 1700. The van der Waals surface area contributed by atoms with Crippen LogP contribution in [0.15, 0.2) is 51.4 Å². The van der Waals surface area contributed by atoms with E-state index in [-0.39, 0.29) is 28.0 Å². The van der Waals surface area contributed by atoms with Crippen molar-refractivity contribution in [1.29, 1.82) is 0 Å². The Morgan fingerprint density at radius 3 is 2.55 bits per heavy atom. The lowest BCUT2D eigenvalue weighted by molar-refractivity contribution is -0.386. The molecule has 0 radical (unpaired) electrons. The normalized spacial score (nSPS) is 14.8. The average Bonchev–Trinajstić information content (AvgIpc) is 3.22. The number of esters is 1. The molecule has 1 aromatic heterocycles. The summed E-state index contributed by atoms with van der Waals surface area (Å²) in [6, 6.07) is 6.73. The number of carbonyl (C=O) groups is 1. The zero-order chi connectivity index (χ0) is 29.1. The van der Waals surface area contributed by atoms with Crippen LogP contribution in [0.1, 0.15) is 37.9 Å². The van der Waals surface area contributed by atoms with Crippen molar-refractivity contribution in [2.75, 3.05) is 27.4 Å². The first-order valence-electron chi connectivity index (χ1n) is 12.2. The summed E-state index contributed by atoms with van der Waals surface area (Å²) >= 11 is 1.04. The summed E-state index contributed by atoms with van der Waals surface area (Å²) in [7, 11) is 2.76. The van der Waals surface area contributed by atoms with Gasteiger partial charge in [0, 0.05) is 11.6 Å². The molecule has 0 saturated heterocycles. The minimum Gasteiger partial charge on any atom is -0.500 e. The standard InChI is InChI=1S/C27H27N3O9S/c1-6-38-24-16(9-8-10-18(24)36-4)22-21(26(33)39-7-2)14(3)28-27-29(22)25(32)20(40-27)13-15-11-17(30(34)35)23(31)19(12-15)37-5/h8-13,22,31H,6-7H2,1-5H3/b20-13+/t22-/m1/s1. The topological polar surface area (TPSA) is 152 Å². The monoisotopic (exact) mass is 569 g/mol. The Balaban J connectivity index is 2.03. The number of hydrogen-bond acceptors (Lipinski definition) is 11. The zero-order valence-electron chi connectivity index (χ0n) is 22.4. The van der Waals surface area contributed by atoms with Gasteiger partial charge in [-0.1, -0.05) is 23.5 Å². The second-order valence-electron chi connectivity index (χ2n) is 8.46. The van der Waals surface area contributed by atoms with Crippen molar-refractivity contribution in [3.05, 3.63) is 82.5 Å². The van der Waals surface area contributed by atoms with Gasteiger partial charge in [0.1, 0.15) is 6.04 Å². The number of allylic oxidation sites excluding steroid dienone is 1. The minimum absolute atomic E-state index is 0.116. The molecule has 0 fully saturated rings. The maximum Gasteiger partial charge on any atom is 0.338 e. The molecule has 1 aliphatic rings. The highest BCUT2D eigenvalue weighted by molar-refractivity contribution is 7.07. The summed E-state index contributed by atoms with van der Waals surface area (Å²) in [4.78, 5) is 42.7. The van der Waals surface area contributed by atoms with Gasteiger partial charge in [-0.25, -0.2) is 9.79 Å². The Morgan fingerprint density at radius 1 is 1.20 bits per heavy atom. The van der Waals surface area contributed by atoms with Crippen LogP contribution in [-0.4, -0.2) is 48.0 Å². The highest BCUT2D eigenvalue weighted by atomic mass is 32.1. The van der Waals surface area contributed by atoms with E-state index < -0.39 is 33.9 Å². The number of rotatable bonds is 9. The third-order valence-corrected chi connectivity index (χ3v) is 7.10. The number of nitro groups is 1. The quantitative estimate of drug-likeness (QED) is 0.233. The summed E-state index contributed by atoms with van der Waals surface area (Å²) in [6.07, 6.45) is 1.44. The molecule has 1 aliphatic heterocycles. The third-order valence-electron chi connectivity index (χ3n) is 6.12. The Kier molecular flexibility index (Phi) is 8.24. The molecule has 0 saturated carbocycles. The van der Waals surface area contributed by atoms with Crippen LogP contribution in [0.4, 0.5) is 5.69 Å². The molecule has 3 aromatic rings. The number of aromatic hydroxyl groups is 1. The number of ether oxygens (including phenoxy) is 4. The highest BCUT2D eigenvalue weighted by Gasteiger charge is 2.36. The third kappa shape index (κ3) is 5.02. The molecule has 0 bridgehead atoms. The van der Waals surface area contributed by atoms with Gasteiger partial charge in [-0.3, -0.25) is 19.5 Å². The molecule has 4 rings (SSSR count). The number of thiazole rings is 1. The van der Waals surface area contributed by atoms with Gasteiger partial charge in [-0.15, -0.1) is 0 Å². The number of nitro benzene ring substituents is 1. The smallest absolute Gasteiger partial charge is 0.338 e. The predicted molar refractivity (Wildman–Crippen MR) is 146 cm³/mol. The summed E-state index contributed by atoms with van der Waals surface area (Å²) < 4.78 is 23.4. The molecule has 0 aliphatic carbocycles. The molecule has 2 heterocycles. The van der Waals surface area contributed by atoms with Crippen LogP contribution >= 0.6 is 11.3 Å². The summed E-state index contributed by atoms with van der Waals surface area (Å²) in [5.74, 6) is -0.593. The fraction of sp³-hybridized carbons (Fsp3) is 0.296. The van der Waals surface area contributed by atoms with E-state index in [0.717, 1.165) is 17.4 Å². The zero-order valence-corrected chi connectivity index (χ0v) is 23.2. The first kappa shape index (κ1) is 28.4. The van der Waals surface area contributed by atoms with Crippen LogP contribution < -0.4 is 29.1 Å². The van der Waals surface area contributed by atoms with Gasteiger partial charge < -0.3 is 24.1 Å². The van der Waals surface area contributed by atoms with Gasteiger partial charge in [-0.2, -0.15) is 0 Å². The molecule has 13 heteroatoms. The molecule has 1 atom stereocenters. The lowest BCUT2D eigenvalue weighted by Gasteiger charge is -2.26. The van der Waals surface area contributed by atoms with E-state index in [4.69, 9.17) is 18.9 Å². The number of phenolic OH excluding ortho intramolecular Hbond substituents is 1. The van der Waals surface area contributed by atoms with E-state index in [1.807, 2.05) is 0 Å². The van der Waals surface area contributed by atoms with Crippen LogP contribution in [-0.2, 0) is 9.53 Å². The number of para-hydroxylation sites is 1. The van der Waals surface area contributed by atoms with E-state index >= 15 is 0 Å². The van der Waals surface area contributed by atoms with Gasteiger partial charge in [-0.05, 0) is 44.5 Å². The number of fused-ring (bicyclic) bond motifs is 1. The van der Waals surface area contributed by atoms with Gasteiger partial charge >= 0.3 is 11.7 Å². The first-order valence-corrected chi connectivity index (χ1v) is 13.0. The molecule has 2 aromatic carbocycles. The summed E-state index contributed by atoms with van der Waals surface area (Å²) in [5, 5.41) is 21.6. The summed E-state index contributed by atoms with van der Waals surface area (Å²) in [5.41, 5.74) is 0.201. The molecule has 0 unspecified atom stereocenters. The van der Waals surface area contributed by atoms with Crippen molar-refractivity contribution in [3.63, 3.8) is 0 Å². The lowest BCUT2D eigenvalue weighted by Crippen LogP contribution is -2.40. The lowest BCUT2D eigenvalue weighted by atomic mass is 9.94. The fourth-order valence-electron chi connectivity index (χ4n) is 4.44. The number of phenols is 1. The largest absolute Gasteiger partial charge is 0.500 e. The van der Waals surface area contributed by atoms with E-state index in [1.165, 1.54) is 30.9 Å². The second-order valence-corrected chi connectivity index (χ2v) is 9.47. The van der Waals surface area contributed by atoms with Crippen LogP contribution in [0.25, 0.3) is 6.08 Å². The molecule has 1 N–H and O–H groups in total. The molecule has 12 nitrogen and oxygen atoms in total. The second kappa shape index (κ2) is 11.6. The first-order chi connectivity index (χ1) is 19.2. The van der Waals surface area contributed by atoms with Crippen LogP contribution in [0.5, 0.6) is 23.0 Å². The molecule has 40 heavy (non-hydrogen) atoms. The number of benzene rings is 2. The van der Waals surface area contributed by atoms with Gasteiger partial charge in [0.15, 0.2) is 22.0 Å².